The Balaban J connectivity index is 1.26. The average molecular weight is 545 g/mol. The van der Waals surface area contributed by atoms with Crippen molar-refractivity contribution in [3.05, 3.63) is 168 Å². The van der Waals surface area contributed by atoms with Crippen molar-refractivity contribution in [3.63, 3.8) is 0 Å². The first-order valence-electron chi connectivity index (χ1n) is 14.8. The maximum atomic E-state index is 5.20. The maximum Gasteiger partial charge on any atom is 0.160 e. The van der Waals surface area contributed by atoms with E-state index in [1.54, 1.807) is 0 Å². The number of para-hydroxylation sites is 1. The molecule has 10 rings (SSSR count). The van der Waals surface area contributed by atoms with Crippen LogP contribution < -0.4 is 0 Å². The summed E-state index contributed by atoms with van der Waals surface area (Å²) in [6.07, 6.45) is 0. The quantitative estimate of drug-likeness (QED) is 0.202. The van der Waals surface area contributed by atoms with Gasteiger partial charge in [-0.15, -0.1) is 0 Å². The van der Waals surface area contributed by atoms with E-state index < -0.39 is 0 Å². The second-order valence-electron chi connectivity index (χ2n) is 11.7. The molecule has 7 aromatic carbocycles. The Kier molecular flexibility index (Phi) is 4.41. The highest BCUT2D eigenvalue weighted by atomic mass is 14.9. The average Bonchev–Trinajstić information content (AvgIpc) is 3.55. The third-order valence-electron chi connectivity index (χ3n) is 9.65. The second kappa shape index (κ2) is 8.24. The van der Waals surface area contributed by atoms with Crippen molar-refractivity contribution in [1.82, 2.24) is 9.97 Å². The van der Waals surface area contributed by atoms with Gasteiger partial charge in [0.2, 0.25) is 0 Å². The number of aromatic nitrogens is 2. The van der Waals surface area contributed by atoms with Crippen LogP contribution >= 0.6 is 0 Å². The number of nitrogens with zero attached hydrogens (tertiary/aromatic N) is 2. The molecule has 0 atom stereocenters. The topological polar surface area (TPSA) is 25.8 Å². The molecule has 1 heterocycles. The molecule has 0 amide bonds. The highest BCUT2D eigenvalue weighted by Gasteiger charge is 2.50. The van der Waals surface area contributed by atoms with E-state index in [9.17, 15) is 0 Å². The lowest BCUT2D eigenvalue weighted by atomic mass is 9.70. The number of fused-ring (bicyclic) bond motifs is 8. The summed E-state index contributed by atoms with van der Waals surface area (Å²) in [5.41, 5.74) is 11.7. The summed E-state index contributed by atoms with van der Waals surface area (Å²) in [5, 5.41) is 6.43. The zero-order valence-electron chi connectivity index (χ0n) is 23.3. The Morgan fingerprint density at radius 2 is 1.07 bits per heavy atom. The summed E-state index contributed by atoms with van der Waals surface area (Å²) >= 11 is 0. The van der Waals surface area contributed by atoms with Crippen molar-refractivity contribution in [2.75, 3.05) is 0 Å². The number of hydrogen-bond donors (Lipinski definition) is 0. The van der Waals surface area contributed by atoms with Crippen LogP contribution in [0, 0.1) is 0 Å². The fraction of sp³-hybridized carbons (Fsp3) is 0.0244. The SMILES string of the molecule is c1ccc(-c2nc(-c3ccc4c(c3)-c3ccccc3C43c4cccc5ccc6cccc3c6c45)nc3ccccc23)cc1. The van der Waals surface area contributed by atoms with Gasteiger partial charge in [0.15, 0.2) is 5.82 Å². The van der Waals surface area contributed by atoms with Crippen LogP contribution in [0.4, 0.5) is 0 Å². The molecule has 0 radical (unpaired) electrons. The van der Waals surface area contributed by atoms with Crippen LogP contribution in [0.15, 0.2) is 146 Å². The molecule has 2 heteroatoms. The predicted octanol–water partition coefficient (Wildman–Crippen LogP) is 9.95. The molecule has 1 spiro atoms. The predicted molar refractivity (Wildman–Crippen MR) is 176 cm³/mol. The summed E-state index contributed by atoms with van der Waals surface area (Å²) in [6, 6.07) is 52.8. The molecule has 0 saturated heterocycles. The molecule has 1 aromatic heterocycles. The van der Waals surface area contributed by atoms with E-state index in [4.69, 9.17) is 9.97 Å². The molecule has 0 N–H and O–H groups in total. The molecule has 2 aliphatic carbocycles. The lowest BCUT2D eigenvalue weighted by Crippen LogP contribution is -2.26. The van der Waals surface area contributed by atoms with Gasteiger partial charge in [0, 0.05) is 16.5 Å². The minimum absolute atomic E-state index is 0.355. The van der Waals surface area contributed by atoms with Gasteiger partial charge in [-0.25, -0.2) is 9.97 Å². The molecule has 0 fully saturated rings. The number of hydrogen-bond acceptors (Lipinski definition) is 2. The Bertz CT molecular complexity index is 2390. The largest absolute Gasteiger partial charge is 0.228 e. The lowest BCUT2D eigenvalue weighted by molar-refractivity contribution is 0.797. The minimum Gasteiger partial charge on any atom is -0.228 e. The van der Waals surface area contributed by atoms with E-state index >= 15 is 0 Å². The second-order valence-corrected chi connectivity index (χ2v) is 11.7. The van der Waals surface area contributed by atoms with Crippen molar-refractivity contribution < 1.29 is 0 Å². The van der Waals surface area contributed by atoms with Crippen LogP contribution in [-0.2, 0) is 5.41 Å². The molecule has 2 aliphatic rings. The van der Waals surface area contributed by atoms with E-state index in [0.29, 0.717) is 0 Å². The summed E-state index contributed by atoms with van der Waals surface area (Å²) < 4.78 is 0. The normalized spacial score (nSPS) is 13.8. The smallest absolute Gasteiger partial charge is 0.160 e. The zero-order chi connectivity index (χ0) is 28.1. The van der Waals surface area contributed by atoms with E-state index in [-0.39, 0.29) is 5.41 Å². The molecule has 198 valence electrons. The van der Waals surface area contributed by atoms with Crippen molar-refractivity contribution >= 4 is 32.4 Å². The third-order valence-corrected chi connectivity index (χ3v) is 9.65. The Morgan fingerprint density at radius 1 is 0.419 bits per heavy atom. The number of benzene rings is 7. The molecule has 0 saturated carbocycles. The molecule has 2 nitrogen and oxygen atoms in total. The number of rotatable bonds is 2. The van der Waals surface area contributed by atoms with Gasteiger partial charge < -0.3 is 0 Å². The molecule has 0 bridgehead atoms. The summed E-state index contributed by atoms with van der Waals surface area (Å²) in [6.45, 7) is 0. The highest BCUT2D eigenvalue weighted by molar-refractivity contribution is 6.17. The Morgan fingerprint density at radius 3 is 1.86 bits per heavy atom. The molecule has 0 aliphatic heterocycles. The van der Waals surface area contributed by atoms with Crippen LogP contribution in [0.25, 0.3) is 66.2 Å². The highest BCUT2D eigenvalue weighted by Crippen LogP contribution is 2.62. The monoisotopic (exact) mass is 544 g/mol. The Hall–Kier alpha value is -5.60. The summed E-state index contributed by atoms with van der Waals surface area (Å²) in [4.78, 5) is 10.3. The van der Waals surface area contributed by atoms with Crippen LogP contribution in [0.2, 0.25) is 0 Å². The first-order chi connectivity index (χ1) is 21.3. The van der Waals surface area contributed by atoms with Crippen molar-refractivity contribution in [3.8, 4) is 33.8 Å². The Labute approximate surface area is 248 Å². The van der Waals surface area contributed by atoms with E-state index in [1.165, 1.54) is 54.9 Å². The molecular weight excluding hydrogens is 520 g/mol. The first kappa shape index (κ1) is 23.0. The van der Waals surface area contributed by atoms with Crippen molar-refractivity contribution in [2.45, 2.75) is 5.41 Å². The summed E-state index contributed by atoms with van der Waals surface area (Å²) in [5.74, 6) is 0.748. The molecule has 0 unspecified atom stereocenters. The fourth-order valence-electron chi connectivity index (χ4n) is 7.95. The maximum absolute atomic E-state index is 5.20. The van der Waals surface area contributed by atoms with Crippen LogP contribution in [0.5, 0.6) is 0 Å². The molecule has 8 aromatic rings. The molecule has 43 heavy (non-hydrogen) atoms. The van der Waals surface area contributed by atoms with Gasteiger partial charge in [0.25, 0.3) is 0 Å². The van der Waals surface area contributed by atoms with Crippen LogP contribution in [-0.4, -0.2) is 9.97 Å². The first-order valence-corrected chi connectivity index (χ1v) is 14.8. The molecular formula is C41H24N2. The van der Waals surface area contributed by atoms with Gasteiger partial charge in [0.1, 0.15) is 0 Å². The minimum atomic E-state index is -0.355. The standard InChI is InChI=1S/C41H24N2/c1-2-10-27(11-3-1)39-30-15-5-7-19-36(30)42-40(43-39)28-22-23-33-31(24-28)29-14-4-6-16-32(29)41(33)34-17-8-12-25-20-21-26-13-9-18-35(41)38(26)37(25)34/h1-24H. The van der Waals surface area contributed by atoms with Gasteiger partial charge in [-0.2, -0.15) is 0 Å². The van der Waals surface area contributed by atoms with Gasteiger partial charge >= 0.3 is 0 Å². The van der Waals surface area contributed by atoms with Crippen molar-refractivity contribution in [1.29, 1.82) is 0 Å². The van der Waals surface area contributed by atoms with E-state index in [0.717, 1.165) is 33.5 Å². The van der Waals surface area contributed by atoms with E-state index in [1.807, 2.05) is 6.07 Å². The van der Waals surface area contributed by atoms with E-state index in [2.05, 4.69) is 140 Å². The van der Waals surface area contributed by atoms with Gasteiger partial charge in [-0.05, 0) is 67.1 Å². The van der Waals surface area contributed by atoms with Gasteiger partial charge in [-0.1, -0.05) is 133 Å². The third kappa shape index (κ3) is 2.88. The zero-order valence-corrected chi connectivity index (χ0v) is 23.3. The van der Waals surface area contributed by atoms with Crippen LogP contribution in [0.3, 0.4) is 0 Å². The van der Waals surface area contributed by atoms with Crippen LogP contribution in [0.1, 0.15) is 22.3 Å². The fourth-order valence-corrected chi connectivity index (χ4v) is 7.95. The van der Waals surface area contributed by atoms with Crippen molar-refractivity contribution in [2.24, 2.45) is 0 Å². The summed E-state index contributed by atoms with van der Waals surface area (Å²) in [7, 11) is 0. The van der Waals surface area contributed by atoms with Gasteiger partial charge in [-0.3, -0.25) is 0 Å². The lowest BCUT2D eigenvalue weighted by Gasteiger charge is -2.30. The van der Waals surface area contributed by atoms with Gasteiger partial charge in [0.05, 0.1) is 16.6 Å².